The Bertz CT molecular complexity index is 776. The van der Waals surface area contributed by atoms with Crippen LogP contribution in [0.15, 0.2) is 30.3 Å². The van der Waals surface area contributed by atoms with E-state index in [1.807, 2.05) is 0 Å². The van der Waals surface area contributed by atoms with Gasteiger partial charge in [0.15, 0.2) is 0 Å². The van der Waals surface area contributed by atoms with Crippen molar-refractivity contribution < 1.29 is 4.79 Å². The van der Waals surface area contributed by atoms with Crippen LogP contribution >= 0.6 is 11.6 Å². The maximum Gasteiger partial charge on any atom is 0.226 e. The van der Waals surface area contributed by atoms with E-state index in [9.17, 15) is 4.79 Å². The molecule has 0 spiro atoms. The first kappa shape index (κ1) is 20.8. The number of carbonyl (C=O) groups excluding carboxylic acids is 1. The topological polar surface area (TPSA) is 55.1 Å². The van der Waals surface area contributed by atoms with Gasteiger partial charge < -0.3 is 11.1 Å². The predicted octanol–water partition coefficient (Wildman–Crippen LogP) is 5.16. The Balaban J connectivity index is 1.42. The van der Waals surface area contributed by atoms with E-state index in [2.05, 4.69) is 35.6 Å². The minimum atomic E-state index is -0.202. The highest BCUT2D eigenvalue weighted by Crippen LogP contribution is 2.71. The second kappa shape index (κ2) is 7.81. The Morgan fingerprint density at radius 2 is 1.80 bits per heavy atom. The fourth-order valence-corrected chi connectivity index (χ4v) is 8.77. The number of nitrogens with one attached hydrogen (secondary N) is 1. The number of carbonyl (C=O) groups is 1. The summed E-state index contributed by atoms with van der Waals surface area (Å²) in [7, 11) is 0. The van der Waals surface area contributed by atoms with Gasteiger partial charge in [0.2, 0.25) is 5.91 Å². The number of amides is 1. The van der Waals surface area contributed by atoms with Crippen LogP contribution in [-0.2, 0) is 10.2 Å². The highest BCUT2D eigenvalue weighted by atomic mass is 35.5. The summed E-state index contributed by atoms with van der Waals surface area (Å²) in [5.41, 5.74) is 7.51. The number of hydrogen-bond acceptors (Lipinski definition) is 2. The molecule has 2 unspecified atom stereocenters. The summed E-state index contributed by atoms with van der Waals surface area (Å²) in [6, 6.07) is 11.4. The maximum absolute atomic E-state index is 13.9. The second-order valence-corrected chi connectivity index (χ2v) is 11.7. The molecule has 5 aliphatic carbocycles. The molecule has 0 saturated heterocycles. The summed E-state index contributed by atoms with van der Waals surface area (Å²) in [4.78, 5) is 13.9. The van der Waals surface area contributed by atoms with Crippen molar-refractivity contribution in [1.82, 2.24) is 5.32 Å². The largest absolute Gasteiger partial charge is 0.353 e. The zero-order chi connectivity index (χ0) is 20.8. The molecule has 6 rings (SSSR count). The third kappa shape index (κ3) is 3.50. The van der Waals surface area contributed by atoms with Crippen molar-refractivity contribution in [2.45, 2.75) is 82.1 Å². The van der Waals surface area contributed by atoms with Crippen molar-refractivity contribution in [3.05, 3.63) is 35.9 Å². The van der Waals surface area contributed by atoms with Gasteiger partial charge in [-0.15, -0.1) is 11.6 Å². The lowest BCUT2D eigenvalue weighted by atomic mass is 9.38. The summed E-state index contributed by atoms with van der Waals surface area (Å²) in [5.74, 6) is 2.36. The van der Waals surface area contributed by atoms with E-state index in [0.717, 1.165) is 57.9 Å². The van der Waals surface area contributed by atoms with E-state index in [-0.39, 0.29) is 16.2 Å². The van der Waals surface area contributed by atoms with E-state index in [0.29, 0.717) is 29.7 Å². The minimum Gasteiger partial charge on any atom is -0.353 e. The number of rotatable bonds is 6. The van der Waals surface area contributed by atoms with Gasteiger partial charge in [-0.25, -0.2) is 0 Å². The predicted molar refractivity (Wildman–Crippen MR) is 122 cm³/mol. The summed E-state index contributed by atoms with van der Waals surface area (Å²) in [6.07, 6.45) is 12.4. The molecule has 5 aliphatic rings. The van der Waals surface area contributed by atoms with Crippen molar-refractivity contribution in [2.75, 3.05) is 12.4 Å². The van der Waals surface area contributed by atoms with Crippen LogP contribution in [0.25, 0.3) is 0 Å². The maximum atomic E-state index is 13.9. The van der Waals surface area contributed by atoms with Gasteiger partial charge in [-0.3, -0.25) is 4.79 Å². The van der Waals surface area contributed by atoms with Crippen molar-refractivity contribution in [3.8, 4) is 0 Å². The molecular formula is C26H37ClN2O. The molecule has 5 saturated carbocycles. The quantitative estimate of drug-likeness (QED) is 0.615. The number of alkyl halides is 1. The van der Waals surface area contributed by atoms with Crippen LogP contribution in [0.2, 0.25) is 0 Å². The Kier molecular flexibility index (Phi) is 5.42. The number of hydrogen-bond donors (Lipinski definition) is 2. The summed E-state index contributed by atoms with van der Waals surface area (Å²) < 4.78 is 0. The zero-order valence-corrected chi connectivity index (χ0v) is 18.9. The molecular weight excluding hydrogens is 392 g/mol. The molecule has 3 nitrogen and oxygen atoms in total. The summed E-state index contributed by atoms with van der Waals surface area (Å²) in [6.45, 7) is 0.785. The van der Waals surface area contributed by atoms with Gasteiger partial charge >= 0.3 is 0 Å². The first-order valence-corrected chi connectivity index (χ1v) is 12.7. The molecule has 0 aromatic heterocycles. The van der Waals surface area contributed by atoms with E-state index < -0.39 is 0 Å². The molecule has 1 amide bonds. The monoisotopic (exact) mass is 428 g/mol. The molecule has 4 heteroatoms. The third-order valence-electron chi connectivity index (χ3n) is 9.19. The van der Waals surface area contributed by atoms with E-state index in [1.165, 1.54) is 24.8 Å². The average Bonchev–Trinajstić information content (AvgIpc) is 2.74. The molecule has 0 radical (unpaired) electrons. The highest BCUT2D eigenvalue weighted by Gasteiger charge is 2.65. The summed E-state index contributed by atoms with van der Waals surface area (Å²) >= 11 is 6.33. The van der Waals surface area contributed by atoms with Crippen LogP contribution in [0.4, 0.5) is 0 Å². The van der Waals surface area contributed by atoms with Crippen LogP contribution in [0.3, 0.4) is 0 Å². The molecule has 4 atom stereocenters. The number of nitrogens with two attached hydrogens (primary N) is 1. The Labute approximate surface area is 186 Å². The normalized spacial score (nSPS) is 42.3. The third-order valence-corrected chi connectivity index (χ3v) is 9.38. The standard InChI is InChI=1S/C26H37ClN2O/c27-11-10-24-12-20-13-25(16-24,21-4-2-1-3-5-21)18-26(14-20,17-24)23(30)29-22-8-6-19(15-28)7-9-22/h1-5,19-20,22H,6-18,28H2,(H,29,30)/t19?,20?,22?,24-,25-,26?/m1/s1. The Morgan fingerprint density at radius 1 is 1.03 bits per heavy atom. The van der Waals surface area contributed by atoms with E-state index >= 15 is 0 Å². The van der Waals surface area contributed by atoms with Crippen molar-refractivity contribution >= 4 is 17.5 Å². The SMILES string of the molecule is NCC1CCC(NC(=O)C23CC4C[C@@](CCCl)(C2)C[C@](c2ccccc2)(C4)C3)CC1. The van der Waals surface area contributed by atoms with Gasteiger partial charge in [-0.2, -0.15) is 0 Å². The fraction of sp³-hybridized carbons (Fsp3) is 0.731. The molecule has 0 heterocycles. The molecule has 5 fully saturated rings. The molecule has 4 bridgehead atoms. The minimum absolute atomic E-state index is 0.154. The Hall–Kier alpha value is -1.06. The van der Waals surface area contributed by atoms with Gasteiger partial charge in [0.05, 0.1) is 5.41 Å². The second-order valence-electron chi connectivity index (χ2n) is 11.3. The molecule has 164 valence electrons. The van der Waals surface area contributed by atoms with Gasteiger partial charge in [0.1, 0.15) is 0 Å². The smallest absolute Gasteiger partial charge is 0.226 e. The van der Waals surface area contributed by atoms with E-state index in [1.54, 1.807) is 0 Å². The van der Waals surface area contributed by atoms with Crippen molar-refractivity contribution in [1.29, 1.82) is 0 Å². The lowest BCUT2D eigenvalue weighted by molar-refractivity contribution is -0.164. The number of halogens is 1. The highest BCUT2D eigenvalue weighted by molar-refractivity contribution is 6.17. The van der Waals surface area contributed by atoms with Crippen LogP contribution in [0.1, 0.15) is 76.2 Å². The van der Waals surface area contributed by atoms with Gasteiger partial charge in [0.25, 0.3) is 0 Å². The van der Waals surface area contributed by atoms with Crippen molar-refractivity contribution in [3.63, 3.8) is 0 Å². The molecule has 1 aromatic rings. The number of benzene rings is 1. The van der Waals surface area contributed by atoms with Crippen molar-refractivity contribution in [2.24, 2.45) is 28.4 Å². The fourth-order valence-electron chi connectivity index (χ4n) is 8.37. The van der Waals surface area contributed by atoms with Gasteiger partial charge in [0, 0.05) is 11.9 Å². The summed E-state index contributed by atoms with van der Waals surface area (Å²) in [5, 5.41) is 3.54. The lowest BCUT2D eigenvalue weighted by Gasteiger charge is -2.66. The van der Waals surface area contributed by atoms with E-state index in [4.69, 9.17) is 17.3 Å². The van der Waals surface area contributed by atoms with Crippen LogP contribution in [-0.4, -0.2) is 24.4 Å². The molecule has 3 N–H and O–H groups in total. The van der Waals surface area contributed by atoms with Crippen LogP contribution < -0.4 is 11.1 Å². The Morgan fingerprint density at radius 3 is 2.50 bits per heavy atom. The van der Waals surface area contributed by atoms with Crippen LogP contribution in [0, 0.1) is 22.7 Å². The first-order chi connectivity index (χ1) is 14.5. The molecule has 30 heavy (non-hydrogen) atoms. The zero-order valence-electron chi connectivity index (χ0n) is 18.2. The first-order valence-electron chi connectivity index (χ1n) is 12.1. The van der Waals surface area contributed by atoms with Gasteiger partial charge in [-0.1, -0.05) is 30.3 Å². The average molecular weight is 429 g/mol. The van der Waals surface area contributed by atoms with Gasteiger partial charge in [-0.05, 0) is 105 Å². The van der Waals surface area contributed by atoms with Crippen LogP contribution in [0.5, 0.6) is 0 Å². The lowest BCUT2D eigenvalue weighted by Crippen LogP contribution is -2.63. The molecule has 1 aromatic carbocycles. The molecule has 0 aliphatic heterocycles.